The zero-order valence-corrected chi connectivity index (χ0v) is 15.1. The van der Waals surface area contributed by atoms with E-state index in [0.717, 1.165) is 48.9 Å². The molecule has 8 heteroatoms. The lowest BCUT2D eigenvalue weighted by Crippen LogP contribution is -2.41. The van der Waals surface area contributed by atoms with Gasteiger partial charge in [0.15, 0.2) is 5.65 Å². The second kappa shape index (κ2) is 6.95. The summed E-state index contributed by atoms with van der Waals surface area (Å²) in [7, 11) is 1.75. The highest BCUT2D eigenvalue weighted by molar-refractivity contribution is 7.00. The molecule has 4 rings (SSSR count). The van der Waals surface area contributed by atoms with Crippen molar-refractivity contribution in [3.05, 3.63) is 42.3 Å². The molecule has 1 fully saturated rings. The first-order chi connectivity index (χ1) is 12.6. The number of hydrogen-bond acceptors (Lipinski definition) is 6. The molecule has 0 radical (unpaired) electrons. The molecule has 0 aliphatic carbocycles. The molecule has 0 bridgehead atoms. The number of aromatic nitrogens is 3. The molecule has 0 saturated carbocycles. The summed E-state index contributed by atoms with van der Waals surface area (Å²) < 4.78 is 21.6. The van der Waals surface area contributed by atoms with Gasteiger partial charge in [-0.15, -0.1) is 0 Å². The molecule has 26 heavy (non-hydrogen) atoms. The van der Waals surface area contributed by atoms with Gasteiger partial charge >= 0.3 is 0 Å². The molecule has 6 nitrogen and oxygen atoms in total. The first-order valence-electron chi connectivity index (χ1n) is 8.49. The quantitative estimate of drug-likeness (QED) is 0.708. The minimum atomic E-state index is -0.303. The number of halogens is 1. The fourth-order valence-electron chi connectivity index (χ4n) is 3.38. The molecular weight excluding hydrogens is 353 g/mol. The van der Waals surface area contributed by atoms with Crippen molar-refractivity contribution in [2.75, 3.05) is 29.9 Å². The Morgan fingerprint density at radius 2 is 1.92 bits per heavy atom. The Hall–Kier alpha value is -2.61. The third-order valence-electron chi connectivity index (χ3n) is 4.87. The van der Waals surface area contributed by atoms with Crippen molar-refractivity contribution in [1.29, 1.82) is 0 Å². The minimum absolute atomic E-state index is 0.0350. The topological polar surface area (TPSA) is 62.2 Å². The Morgan fingerprint density at radius 1 is 1.19 bits per heavy atom. The van der Waals surface area contributed by atoms with Crippen molar-refractivity contribution in [2.24, 2.45) is 5.92 Å². The second-order valence-corrected chi connectivity index (χ2v) is 6.93. The van der Waals surface area contributed by atoms with E-state index < -0.39 is 0 Å². The van der Waals surface area contributed by atoms with Crippen LogP contribution in [0, 0.1) is 11.7 Å². The van der Waals surface area contributed by atoms with Crippen molar-refractivity contribution in [3.8, 4) is 0 Å². The first-order valence-corrected chi connectivity index (χ1v) is 9.22. The Kier molecular flexibility index (Phi) is 4.50. The highest BCUT2D eigenvalue weighted by atomic mass is 32.1. The van der Waals surface area contributed by atoms with Gasteiger partial charge in [0, 0.05) is 37.9 Å². The molecule has 0 spiro atoms. The van der Waals surface area contributed by atoms with Gasteiger partial charge < -0.3 is 9.80 Å². The van der Waals surface area contributed by atoms with Crippen LogP contribution in [0.1, 0.15) is 12.8 Å². The highest BCUT2D eigenvalue weighted by Gasteiger charge is 2.28. The third-order valence-corrected chi connectivity index (χ3v) is 5.39. The maximum Gasteiger partial charge on any atom is 0.229 e. The summed E-state index contributed by atoms with van der Waals surface area (Å²) >= 11 is 1.16. The van der Waals surface area contributed by atoms with Crippen LogP contribution in [-0.4, -0.2) is 39.8 Å². The van der Waals surface area contributed by atoms with Gasteiger partial charge in [0.1, 0.15) is 11.3 Å². The van der Waals surface area contributed by atoms with Crippen LogP contribution in [0.25, 0.3) is 11.2 Å². The standard InChI is InChI=1S/C18H18FN5OS/c1-23(14-4-2-13(19)3-5-14)18(25)12-7-10-24(11-8-12)15-6-9-20-17-16(15)21-26-22-17/h2-6,9,12H,7-8,10-11H2,1H3. The highest BCUT2D eigenvalue weighted by Crippen LogP contribution is 2.29. The van der Waals surface area contributed by atoms with Gasteiger partial charge in [0.2, 0.25) is 5.91 Å². The van der Waals surface area contributed by atoms with Crippen LogP contribution in [-0.2, 0) is 4.79 Å². The lowest BCUT2D eigenvalue weighted by Gasteiger charge is -2.34. The van der Waals surface area contributed by atoms with Crippen LogP contribution in [0.5, 0.6) is 0 Å². The number of rotatable bonds is 3. The lowest BCUT2D eigenvalue weighted by molar-refractivity contribution is -0.122. The van der Waals surface area contributed by atoms with Gasteiger partial charge in [-0.25, -0.2) is 9.37 Å². The summed E-state index contributed by atoms with van der Waals surface area (Å²) in [5, 5.41) is 0. The third kappa shape index (κ3) is 3.12. The number of anilines is 2. The van der Waals surface area contributed by atoms with Crippen LogP contribution in [0.4, 0.5) is 15.8 Å². The normalized spacial score (nSPS) is 15.4. The van der Waals surface area contributed by atoms with Gasteiger partial charge in [-0.2, -0.15) is 8.75 Å². The molecule has 0 N–H and O–H groups in total. The van der Waals surface area contributed by atoms with E-state index in [4.69, 9.17) is 0 Å². The molecule has 1 aromatic carbocycles. The Labute approximate surface area is 154 Å². The number of benzene rings is 1. The zero-order chi connectivity index (χ0) is 18.1. The number of hydrogen-bond donors (Lipinski definition) is 0. The summed E-state index contributed by atoms with van der Waals surface area (Å²) in [4.78, 5) is 20.9. The van der Waals surface area contributed by atoms with Crippen LogP contribution < -0.4 is 9.80 Å². The van der Waals surface area contributed by atoms with Crippen LogP contribution in [0.2, 0.25) is 0 Å². The Bertz CT molecular complexity index is 921. The van der Waals surface area contributed by atoms with Gasteiger partial charge in [-0.1, -0.05) is 0 Å². The maximum absolute atomic E-state index is 13.1. The number of carbonyl (C=O) groups excluding carboxylic acids is 1. The fourth-order valence-corrected chi connectivity index (χ4v) is 3.88. The molecule has 1 saturated heterocycles. The number of piperidine rings is 1. The van der Waals surface area contributed by atoms with Crippen LogP contribution >= 0.6 is 11.7 Å². The predicted molar refractivity (Wildman–Crippen MR) is 100.0 cm³/mol. The van der Waals surface area contributed by atoms with E-state index in [1.165, 1.54) is 12.1 Å². The minimum Gasteiger partial charge on any atom is -0.370 e. The maximum atomic E-state index is 13.1. The fraction of sp³-hybridized carbons (Fsp3) is 0.333. The van der Waals surface area contributed by atoms with E-state index in [0.29, 0.717) is 11.3 Å². The molecule has 1 amide bonds. The monoisotopic (exact) mass is 371 g/mol. The van der Waals surface area contributed by atoms with E-state index in [2.05, 4.69) is 18.6 Å². The number of carbonyl (C=O) groups is 1. The number of nitrogens with zero attached hydrogens (tertiary/aromatic N) is 5. The number of fused-ring (bicyclic) bond motifs is 1. The average Bonchev–Trinajstić information content (AvgIpc) is 3.16. The van der Waals surface area contributed by atoms with Crippen molar-refractivity contribution in [3.63, 3.8) is 0 Å². The van der Waals surface area contributed by atoms with Gasteiger partial charge in [-0.05, 0) is 43.2 Å². The first kappa shape index (κ1) is 16.8. The van der Waals surface area contributed by atoms with E-state index in [1.807, 2.05) is 6.07 Å². The van der Waals surface area contributed by atoms with Crippen molar-refractivity contribution >= 4 is 40.2 Å². The predicted octanol–water partition coefficient (Wildman–Crippen LogP) is 3.10. The van der Waals surface area contributed by atoms with E-state index >= 15 is 0 Å². The van der Waals surface area contributed by atoms with Gasteiger partial charge in [-0.3, -0.25) is 4.79 Å². The summed E-state index contributed by atoms with van der Waals surface area (Å²) in [6, 6.07) is 7.96. The average molecular weight is 371 g/mol. The lowest BCUT2D eigenvalue weighted by atomic mass is 9.94. The summed E-state index contributed by atoms with van der Waals surface area (Å²) in [6.45, 7) is 1.56. The van der Waals surface area contributed by atoms with Crippen molar-refractivity contribution < 1.29 is 9.18 Å². The zero-order valence-electron chi connectivity index (χ0n) is 14.3. The Balaban J connectivity index is 1.44. The van der Waals surface area contributed by atoms with Crippen LogP contribution in [0.15, 0.2) is 36.5 Å². The molecule has 2 aromatic heterocycles. The van der Waals surface area contributed by atoms with Gasteiger partial charge in [0.05, 0.1) is 17.4 Å². The SMILES string of the molecule is CN(C(=O)C1CCN(c2ccnc3nsnc23)CC1)c1ccc(F)cc1. The van der Waals surface area contributed by atoms with Gasteiger partial charge in [0.25, 0.3) is 0 Å². The molecule has 3 heterocycles. The summed E-state index contributed by atoms with van der Waals surface area (Å²) in [6.07, 6.45) is 3.29. The van der Waals surface area contributed by atoms with E-state index in [9.17, 15) is 9.18 Å². The van der Waals surface area contributed by atoms with Crippen molar-refractivity contribution in [1.82, 2.24) is 13.7 Å². The second-order valence-electron chi connectivity index (χ2n) is 6.40. The molecule has 1 aliphatic heterocycles. The summed E-state index contributed by atoms with van der Waals surface area (Å²) in [5.74, 6) is -0.262. The van der Waals surface area contributed by atoms with Crippen LogP contribution in [0.3, 0.4) is 0 Å². The molecule has 3 aromatic rings. The molecule has 1 aliphatic rings. The van der Waals surface area contributed by atoms with E-state index in [1.54, 1.807) is 30.3 Å². The smallest absolute Gasteiger partial charge is 0.229 e. The molecule has 0 atom stereocenters. The molecular formula is C18H18FN5OS. The number of pyridine rings is 1. The van der Waals surface area contributed by atoms with E-state index in [-0.39, 0.29) is 17.6 Å². The largest absolute Gasteiger partial charge is 0.370 e. The molecule has 134 valence electrons. The number of amides is 1. The Morgan fingerprint density at radius 3 is 2.65 bits per heavy atom. The van der Waals surface area contributed by atoms with Crippen molar-refractivity contribution in [2.45, 2.75) is 12.8 Å². The molecule has 0 unspecified atom stereocenters. The summed E-state index contributed by atoms with van der Waals surface area (Å²) in [5.41, 5.74) is 3.23.